The van der Waals surface area contributed by atoms with Crippen molar-refractivity contribution in [3.63, 3.8) is 0 Å². The van der Waals surface area contributed by atoms with Gasteiger partial charge in [0, 0.05) is 24.9 Å². The van der Waals surface area contributed by atoms with Crippen LogP contribution in [0.25, 0.3) is 0 Å². The monoisotopic (exact) mass is 453 g/mol. The first kappa shape index (κ1) is 24.9. The number of aromatic hydroxyl groups is 1. The summed E-state index contributed by atoms with van der Waals surface area (Å²) in [6.07, 6.45) is -2.92. The number of benzene rings is 1. The Hall–Kier alpha value is -3.34. The van der Waals surface area contributed by atoms with E-state index in [0.717, 1.165) is 5.56 Å². The van der Waals surface area contributed by atoms with Crippen LogP contribution in [0.4, 0.5) is 18.9 Å². The molecule has 0 saturated carbocycles. The number of halogens is 3. The van der Waals surface area contributed by atoms with E-state index in [9.17, 15) is 23.1 Å². The molecule has 0 spiro atoms. The van der Waals surface area contributed by atoms with Crippen LogP contribution in [0.2, 0.25) is 0 Å². The Labute approximate surface area is 183 Å². The lowest BCUT2D eigenvalue weighted by Gasteiger charge is -2.32. The average Bonchev–Trinajstić information content (AvgIpc) is 2.74. The Kier molecular flexibility index (Phi) is 8.03. The molecule has 1 unspecified atom stereocenters. The van der Waals surface area contributed by atoms with Gasteiger partial charge in [-0.2, -0.15) is 13.2 Å². The molecule has 0 radical (unpaired) electrons. The number of rotatable bonds is 6. The lowest BCUT2D eigenvalue weighted by molar-refractivity contribution is -0.134. The highest BCUT2D eigenvalue weighted by atomic mass is 19.4. The molecule has 0 aliphatic carbocycles. The maximum absolute atomic E-state index is 12.6. The van der Waals surface area contributed by atoms with Gasteiger partial charge in [0.05, 0.1) is 19.0 Å². The van der Waals surface area contributed by atoms with Gasteiger partial charge in [0.2, 0.25) is 0 Å². The summed E-state index contributed by atoms with van der Waals surface area (Å²) in [6, 6.07) is 6.18. The van der Waals surface area contributed by atoms with Gasteiger partial charge in [-0.05, 0) is 29.7 Å². The lowest BCUT2D eigenvalue weighted by Crippen LogP contribution is -2.49. The predicted molar refractivity (Wildman–Crippen MR) is 115 cm³/mol. The van der Waals surface area contributed by atoms with E-state index in [4.69, 9.17) is 10.5 Å². The summed E-state index contributed by atoms with van der Waals surface area (Å²) in [6.45, 7) is 2.31. The zero-order valence-electron chi connectivity index (χ0n) is 18.1. The van der Waals surface area contributed by atoms with E-state index < -0.39 is 24.8 Å². The van der Waals surface area contributed by atoms with Gasteiger partial charge >= 0.3 is 6.18 Å². The molecular formula is C21H26F3N5O3. The second-order valence-corrected chi connectivity index (χ2v) is 7.18. The fraction of sp³-hybridized carbons (Fsp3) is 0.381. The maximum Gasteiger partial charge on any atom is 0.405 e. The Bertz CT molecular complexity index is 965. The van der Waals surface area contributed by atoms with E-state index in [1.54, 1.807) is 23.5 Å². The molecule has 0 aliphatic rings. The molecule has 11 heteroatoms. The van der Waals surface area contributed by atoms with Crippen LogP contribution < -0.4 is 20.7 Å². The van der Waals surface area contributed by atoms with Crippen molar-refractivity contribution in [2.45, 2.75) is 32.1 Å². The minimum absolute atomic E-state index is 0.0118. The van der Waals surface area contributed by atoms with E-state index in [1.807, 2.05) is 13.8 Å². The van der Waals surface area contributed by atoms with Gasteiger partial charge in [-0.1, -0.05) is 13.8 Å². The fourth-order valence-corrected chi connectivity index (χ4v) is 3.10. The Morgan fingerprint density at radius 3 is 2.53 bits per heavy atom. The number of carbonyl (C=O) groups is 1. The summed E-state index contributed by atoms with van der Waals surface area (Å²) in [5, 5.41) is 12.4. The molecule has 1 amide bonds. The van der Waals surface area contributed by atoms with E-state index in [-0.39, 0.29) is 23.1 Å². The number of carbonyl (C=O) groups excluding carboxylic acids is 1. The number of hydrogen-bond donors (Lipinski definition) is 3. The number of ether oxygens (including phenoxy) is 1. The Morgan fingerprint density at radius 1 is 1.34 bits per heavy atom. The van der Waals surface area contributed by atoms with Crippen LogP contribution >= 0.6 is 0 Å². The molecule has 0 fully saturated rings. The molecule has 32 heavy (non-hydrogen) atoms. The van der Waals surface area contributed by atoms with Crippen molar-refractivity contribution in [2.24, 2.45) is 10.7 Å². The number of phenols is 1. The second kappa shape index (κ2) is 10.3. The van der Waals surface area contributed by atoms with Crippen molar-refractivity contribution in [1.29, 1.82) is 0 Å². The summed E-state index contributed by atoms with van der Waals surface area (Å²) in [7, 11) is 2.72. The molecule has 174 valence electrons. The van der Waals surface area contributed by atoms with Crippen molar-refractivity contribution in [3.8, 4) is 11.5 Å². The highest BCUT2D eigenvalue weighted by Gasteiger charge is 2.33. The molecule has 1 heterocycles. The van der Waals surface area contributed by atoms with Crippen LogP contribution in [0.3, 0.4) is 0 Å². The number of phenolic OH excluding ortho intramolecular Hbond substituents is 1. The number of anilines is 1. The smallest absolute Gasteiger partial charge is 0.405 e. The number of aliphatic imine (C=N–C) groups is 1. The highest BCUT2D eigenvalue weighted by Crippen LogP contribution is 2.37. The van der Waals surface area contributed by atoms with Gasteiger partial charge in [0.25, 0.3) is 5.91 Å². The quantitative estimate of drug-likeness (QED) is 0.352. The summed E-state index contributed by atoms with van der Waals surface area (Å²) in [5.41, 5.74) is 7.71. The lowest BCUT2D eigenvalue weighted by atomic mass is 9.97. The third-order valence-electron chi connectivity index (χ3n) is 4.61. The summed E-state index contributed by atoms with van der Waals surface area (Å²) in [5.74, 6) is -1.21. The third kappa shape index (κ3) is 5.88. The molecule has 1 atom stereocenters. The molecular weight excluding hydrogens is 427 g/mol. The number of hydrogen-bond acceptors (Lipinski definition) is 6. The molecule has 8 nitrogen and oxygen atoms in total. The van der Waals surface area contributed by atoms with Gasteiger partial charge in [-0.3, -0.25) is 14.8 Å². The van der Waals surface area contributed by atoms with Crippen molar-refractivity contribution in [2.75, 3.05) is 25.6 Å². The van der Waals surface area contributed by atoms with Crippen LogP contribution in [0.5, 0.6) is 11.5 Å². The SMILES string of the molecule is CN=C(C(=O)NCC(F)(F)F)N(c1cccnc1)C(N)c1cc(C(C)C)c(OC)cc1O. The van der Waals surface area contributed by atoms with E-state index in [1.165, 1.54) is 37.5 Å². The van der Waals surface area contributed by atoms with E-state index >= 15 is 0 Å². The van der Waals surface area contributed by atoms with E-state index in [2.05, 4.69) is 9.98 Å². The van der Waals surface area contributed by atoms with Crippen LogP contribution in [0.15, 0.2) is 41.7 Å². The van der Waals surface area contributed by atoms with Crippen LogP contribution in [0, 0.1) is 0 Å². The number of aromatic nitrogens is 1. The molecule has 0 saturated heterocycles. The maximum atomic E-state index is 12.6. The van der Waals surface area contributed by atoms with Crippen molar-refractivity contribution < 1.29 is 27.8 Å². The second-order valence-electron chi connectivity index (χ2n) is 7.18. The third-order valence-corrected chi connectivity index (χ3v) is 4.61. The van der Waals surface area contributed by atoms with Gasteiger partial charge < -0.3 is 25.8 Å². The molecule has 0 aliphatic heterocycles. The molecule has 2 aromatic rings. The van der Waals surface area contributed by atoms with Crippen LogP contribution in [-0.2, 0) is 4.79 Å². The molecule has 0 bridgehead atoms. The zero-order valence-corrected chi connectivity index (χ0v) is 18.1. The fourth-order valence-electron chi connectivity index (χ4n) is 3.10. The number of nitrogens with two attached hydrogens (primary N) is 1. The normalized spacial score (nSPS) is 13.1. The first-order chi connectivity index (χ1) is 15.0. The molecule has 1 aromatic heterocycles. The van der Waals surface area contributed by atoms with Gasteiger partial charge in [-0.15, -0.1) is 0 Å². The van der Waals surface area contributed by atoms with Gasteiger partial charge in [-0.25, -0.2) is 0 Å². The number of alkyl halides is 3. The molecule has 1 aromatic carbocycles. The topological polar surface area (TPSA) is 113 Å². The Balaban J connectivity index is 2.57. The van der Waals surface area contributed by atoms with Crippen LogP contribution in [-0.4, -0.2) is 48.7 Å². The Morgan fingerprint density at radius 2 is 2.03 bits per heavy atom. The van der Waals surface area contributed by atoms with Crippen molar-refractivity contribution in [3.05, 3.63) is 47.8 Å². The first-order valence-electron chi connectivity index (χ1n) is 9.67. The standard InChI is InChI=1S/C21H26F3N5O3/c1-12(2)14-8-15(16(30)9-17(14)32-4)18(25)29(13-6-5-7-27-10-13)19(26-3)20(31)28-11-21(22,23)24/h5-10,12,18,30H,11,25H2,1-4H3,(H,28,31). The minimum Gasteiger partial charge on any atom is -0.507 e. The molecule has 2 rings (SSSR count). The highest BCUT2D eigenvalue weighted by molar-refractivity contribution is 6.43. The number of nitrogens with one attached hydrogen (secondary N) is 1. The zero-order chi connectivity index (χ0) is 24.1. The number of amidine groups is 1. The number of amides is 1. The van der Waals surface area contributed by atoms with Gasteiger partial charge in [0.1, 0.15) is 24.2 Å². The summed E-state index contributed by atoms with van der Waals surface area (Å²) < 4.78 is 43.2. The van der Waals surface area contributed by atoms with E-state index in [0.29, 0.717) is 11.4 Å². The number of nitrogens with zero attached hydrogens (tertiary/aromatic N) is 3. The van der Waals surface area contributed by atoms with Gasteiger partial charge in [0.15, 0.2) is 5.84 Å². The number of methoxy groups -OCH3 is 1. The largest absolute Gasteiger partial charge is 0.507 e. The minimum atomic E-state index is -4.60. The van der Waals surface area contributed by atoms with Crippen molar-refractivity contribution >= 4 is 17.4 Å². The average molecular weight is 453 g/mol. The molecule has 4 N–H and O–H groups in total. The first-order valence-corrected chi connectivity index (χ1v) is 9.67. The predicted octanol–water partition coefficient (Wildman–Crippen LogP) is 3.09. The summed E-state index contributed by atoms with van der Waals surface area (Å²) >= 11 is 0. The summed E-state index contributed by atoms with van der Waals surface area (Å²) in [4.78, 5) is 21.7. The number of pyridine rings is 1. The van der Waals surface area contributed by atoms with Crippen LogP contribution in [0.1, 0.15) is 37.1 Å². The van der Waals surface area contributed by atoms with Crippen molar-refractivity contribution in [1.82, 2.24) is 10.3 Å².